The van der Waals surface area contributed by atoms with Gasteiger partial charge in [0, 0.05) is 62.9 Å². The molecule has 3 fully saturated rings. The van der Waals surface area contributed by atoms with E-state index in [-0.39, 0.29) is 23.1 Å². The van der Waals surface area contributed by atoms with Gasteiger partial charge < -0.3 is 33.5 Å². The lowest BCUT2D eigenvalue weighted by atomic mass is 9.54. The minimum Gasteiger partial charge on any atom is -0.461 e. The number of esters is 5. The molecule has 7 rings (SSSR count). The number of nitrogens with zero attached hydrogens (tertiary/aromatic N) is 3. The monoisotopic (exact) mass is 781 g/mol. The average molecular weight is 782 g/mol. The van der Waals surface area contributed by atoms with Crippen LogP contribution in [0.3, 0.4) is 0 Å². The molecular weight excluding hydrogens is 738 g/mol. The molecule has 1 saturated heterocycles. The SMILES string of the molecule is C=C(C)C1C=CC(OC(=O)c2cccnc2)C23C(O)OC(C)(C(OC(=O)c4cccnc4)C4(OC(C)=O)CC(C)C(OC(=O)c5cccnc5)C4C2OC(C)=O)C13. The molecule has 0 radical (unpaired) electrons. The maximum Gasteiger partial charge on any atom is 0.340 e. The van der Waals surface area contributed by atoms with Crippen molar-refractivity contribution in [2.75, 3.05) is 0 Å². The molecule has 15 nitrogen and oxygen atoms in total. The highest BCUT2D eigenvalue weighted by atomic mass is 16.7. The molecule has 2 saturated carbocycles. The van der Waals surface area contributed by atoms with Gasteiger partial charge in [0.05, 0.1) is 22.6 Å². The summed E-state index contributed by atoms with van der Waals surface area (Å²) in [7, 11) is 0. The predicted octanol–water partition coefficient (Wildman–Crippen LogP) is 4.22. The Morgan fingerprint density at radius 3 is 1.82 bits per heavy atom. The lowest BCUT2D eigenvalue weighted by Crippen LogP contribution is -2.66. The van der Waals surface area contributed by atoms with E-state index in [1.165, 1.54) is 62.3 Å². The van der Waals surface area contributed by atoms with Crippen LogP contribution < -0.4 is 0 Å². The van der Waals surface area contributed by atoms with E-state index in [4.69, 9.17) is 28.4 Å². The molecule has 0 amide bonds. The van der Waals surface area contributed by atoms with Crippen LogP contribution in [0.15, 0.2) is 97.9 Å². The summed E-state index contributed by atoms with van der Waals surface area (Å²) in [4.78, 5) is 81.3. The van der Waals surface area contributed by atoms with E-state index in [0.717, 1.165) is 6.92 Å². The molecule has 298 valence electrons. The predicted molar refractivity (Wildman–Crippen MR) is 197 cm³/mol. The lowest BCUT2D eigenvalue weighted by Gasteiger charge is -2.52. The van der Waals surface area contributed by atoms with Crippen molar-refractivity contribution in [1.29, 1.82) is 0 Å². The number of hydrogen-bond donors (Lipinski definition) is 1. The van der Waals surface area contributed by atoms with Crippen molar-refractivity contribution in [2.24, 2.45) is 29.1 Å². The molecule has 4 aliphatic rings. The Balaban J connectivity index is 1.53. The Kier molecular flexibility index (Phi) is 10.3. The number of aliphatic hydroxyl groups excluding tert-OH is 1. The number of carbonyl (C=O) groups is 5. The maximum atomic E-state index is 14.3. The molecule has 12 unspecified atom stereocenters. The van der Waals surface area contributed by atoms with Crippen molar-refractivity contribution < 1.29 is 57.5 Å². The van der Waals surface area contributed by atoms with Crippen LogP contribution in [-0.2, 0) is 38.0 Å². The van der Waals surface area contributed by atoms with E-state index in [1.807, 2.05) is 0 Å². The summed E-state index contributed by atoms with van der Waals surface area (Å²) in [5.74, 6) is -7.95. The van der Waals surface area contributed by atoms with Crippen molar-refractivity contribution in [1.82, 2.24) is 15.0 Å². The lowest BCUT2D eigenvalue weighted by molar-refractivity contribution is -0.281. The van der Waals surface area contributed by atoms with Crippen LogP contribution in [-0.4, -0.2) is 91.8 Å². The first-order valence-electron chi connectivity index (χ1n) is 18.5. The minimum absolute atomic E-state index is 0.0510. The first kappa shape index (κ1) is 39.4. The second-order valence-corrected chi connectivity index (χ2v) is 15.4. The van der Waals surface area contributed by atoms with Gasteiger partial charge in [0.15, 0.2) is 18.0 Å². The van der Waals surface area contributed by atoms with E-state index in [2.05, 4.69) is 21.5 Å². The molecule has 4 heterocycles. The molecule has 0 aromatic carbocycles. The maximum absolute atomic E-state index is 14.3. The third kappa shape index (κ3) is 6.48. The summed E-state index contributed by atoms with van der Waals surface area (Å²) in [6, 6.07) is 9.16. The first-order valence-corrected chi connectivity index (χ1v) is 18.5. The van der Waals surface area contributed by atoms with E-state index >= 15 is 0 Å². The number of carbonyl (C=O) groups excluding carboxylic acids is 5. The van der Waals surface area contributed by atoms with Gasteiger partial charge in [-0.3, -0.25) is 24.5 Å². The fourth-order valence-electron chi connectivity index (χ4n) is 9.93. The number of aliphatic hydroxyl groups is 1. The standard InChI is InChI=1S/C42H43N3O12/c1-22(2)29-13-14-30(53-35(48)26-10-7-15-43-19-26)42-33(29)40(6,57-39(42)51)38(55-37(50)28-12-9-17-45-21-28)41(56-25(5)47)18-23(3)32(31(41)34(42)52-24(4)46)54-36(49)27-11-8-16-44-20-27/h7-17,19-21,23,29-34,38-39,51H,1,18H2,2-6H3. The van der Waals surface area contributed by atoms with Gasteiger partial charge >= 0.3 is 29.8 Å². The largest absolute Gasteiger partial charge is 0.461 e. The van der Waals surface area contributed by atoms with Crippen LogP contribution in [0, 0.1) is 29.1 Å². The van der Waals surface area contributed by atoms with Gasteiger partial charge in [0.2, 0.25) is 0 Å². The summed E-state index contributed by atoms with van der Waals surface area (Å²) < 4.78 is 38.5. The van der Waals surface area contributed by atoms with Crippen LogP contribution in [0.2, 0.25) is 0 Å². The Bertz CT molecular complexity index is 2100. The summed E-state index contributed by atoms with van der Waals surface area (Å²) in [5.41, 5.74) is -4.94. The molecule has 1 N–H and O–H groups in total. The molecule has 3 aliphatic carbocycles. The number of hydrogen-bond acceptors (Lipinski definition) is 15. The third-order valence-corrected chi connectivity index (χ3v) is 11.8. The quantitative estimate of drug-likeness (QED) is 0.184. The van der Waals surface area contributed by atoms with Crippen LogP contribution in [0.4, 0.5) is 0 Å². The van der Waals surface area contributed by atoms with E-state index in [0.29, 0.717) is 5.57 Å². The Morgan fingerprint density at radius 1 is 0.789 bits per heavy atom. The van der Waals surface area contributed by atoms with E-state index < -0.39 is 101 Å². The fraction of sp³-hybridized carbons (Fsp3) is 0.429. The molecule has 15 heteroatoms. The van der Waals surface area contributed by atoms with Crippen molar-refractivity contribution in [2.45, 2.75) is 82.9 Å². The Hall–Kier alpha value is -5.80. The number of rotatable bonds is 9. The number of fused-ring (bicyclic) bond motifs is 1. The van der Waals surface area contributed by atoms with Gasteiger partial charge in [0.1, 0.15) is 29.3 Å². The van der Waals surface area contributed by atoms with Gasteiger partial charge in [-0.25, -0.2) is 14.4 Å². The highest BCUT2D eigenvalue weighted by Gasteiger charge is 2.84. The van der Waals surface area contributed by atoms with Crippen LogP contribution in [0.25, 0.3) is 0 Å². The molecule has 3 aromatic heterocycles. The van der Waals surface area contributed by atoms with Gasteiger partial charge in [-0.15, -0.1) is 0 Å². The van der Waals surface area contributed by atoms with Crippen LogP contribution in [0.5, 0.6) is 0 Å². The summed E-state index contributed by atoms with van der Waals surface area (Å²) in [6.07, 6.45) is 3.84. The van der Waals surface area contributed by atoms with Crippen molar-refractivity contribution in [3.8, 4) is 0 Å². The summed E-state index contributed by atoms with van der Waals surface area (Å²) in [6.45, 7) is 11.7. The Labute approximate surface area is 328 Å². The van der Waals surface area contributed by atoms with Crippen molar-refractivity contribution >= 4 is 29.8 Å². The number of ether oxygens (including phenoxy) is 6. The third-order valence-electron chi connectivity index (χ3n) is 11.8. The first-order chi connectivity index (χ1) is 27.1. The van der Waals surface area contributed by atoms with Gasteiger partial charge in [-0.1, -0.05) is 25.2 Å². The molecule has 12 atom stereocenters. The normalized spacial score (nSPS) is 34.7. The molecular formula is C42H43N3O12. The minimum atomic E-state index is -1.97. The number of pyridine rings is 3. The van der Waals surface area contributed by atoms with Gasteiger partial charge in [0.25, 0.3) is 0 Å². The average Bonchev–Trinajstić information content (AvgIpc) is 3.57. The zero-order chi connectivity index (χ0) is 40.9. The number of aromatic nitrogens is 3. The van der Waals surface area contributed by atoms with Crippen molar-refractivity contribution in [3.05, 3.63) is 115 Å². The molecule has 0 spiro atoms. The highest BCUT2D eigenvalue weighted by Crippen LogP contribution is 2.70. The molecule has 1 aliphatic heterocycles. The second-order valence-electron chi connectivity index (χ2n) is 15.4. The number of allylic oxidation sites excluding steroid dienone is 2. The van der Waals surface area contributed by atoms with Crippen LogP contribution >= 0.6 is 0 Å². The van der Waals surface area contributed by atoms with E-state index in [1.54, 1.807) is 51.1 Å². The zero-order valence-electron chi connectivity index (χ0n) is 32.0. The molecule has 3 aromatic rings. The summed E-state index contributed by atoms with van der Waals surface area (Å²) in [5, 5.41) is 12.6. The van der Waals surface area contributed by atoms with Crippen LogP contribution in [0.1, 0.15) is 72.1 Å². The second kappa shape index (κ2) is 14.9. The van der Waals surface area contributed by atoms with E-state index in [9.17, 15) is 29.1 Å². The van der Waals surface area contributed by atoms with Crippen molar-refractivity contribution in [3.63, 3.8) is 0 Å². The Morgan fingerprint density at radius 2 is 1.33 bits per heavy atom. The topological polar surface area (TPSA) is 200 Å². The zero-order valence-corrected chi connectivity index (χ0v) is 32.0. The highest BCUT2D eigenvalue weighted by molar-refractivity contribution is 5.90. The smallest absolute Gasteiger partial charge is 0.340 e. The molecule has 57 heavy (non-hydrogen) atoms. The van der Waals surface area contributed by atoms with Gasteiger partial charge in [-0.05, 0) is 68.7 Å². The fourth-order valence-corrected chi connectivity index (χ4v) is 9.93. The van der Waals surface area contributed by atoms with Gasteiger partial charge in [-0.2, -0.15) is 0 Å². The summed E-state index contributed by atoms with van der Waals surface area (Å²) >= 11 is 0. The molecule has 2 bridgehead atoms.